The summed E-state index contributed by atoms with van der Waals surface area (Å²) in [5, 5.41) is 10.8. The summed E-state index contributed by atoms with van der Waals surface area (Å²) >= 11 is 1.52. The Hall–Kier alpha value is -1.60. The van der Waals surface area contributed by atoms with Gasteiger partial charge in [0.2, 0.25) is 0 Å². The fourth-order valence-corrected chi connectivity index (χ4v) is 1.90. The molecule has 1 heterocycles. The van der Waals surface area contributed by atoms with E-state index < -0.39 is 0 Å². The van der Waals surface area contributed by atoms with Crippen LogP contribution in [-0.4, -0.2) is 24.9 Å². The highest BCUT2D eigenvalue weighted by atomic mass is 32.1. The van der Waals surface area contributed by atoms with Crippen LogP contribution < -0.4 is 0 Å². The SMILES string of the molecule is Cc1ccsc1C=C(C#N)C(=O)N(C)C. The van der Waals surface area contributed by atoms with Crippen molar-refractivity contribution in [2.45, 2.75) is 6.92 Å². The number of amides is 1. The molecule has 0 aromatic carbocycles. The molecule has 1 aromatic rings. The van der Waals surface area contributed by atoms with Gasteiger partial charge < -0.3 is 4.90 Å². The van der Waals surface area contributed by atoms with Crippen LogP contribution in [0.15, 0.2) is 17.0 Å². The third kappa shape index (κ3) is 2.67. The van der Waals surface area contributed by atoms with Crippen LogP contribution in [-0.2, 0) is 4.79 Å². The van der Waals surface area contributed by atoms with Crippen LogP contribution in [0.5, 0.6) is 0 Å². The van der Waals surface area contributed by atoms with Crippen LogP contribution in [0.25, 0.3) is 6.08 Å². The Morgan fingerprint density at radius 3 is 2.67 bits per heavy atom. The minimum absolute atomic E-state index is 0.172. The van der Waals surface area contributed by atoms with Crippen LogP contribution >= 0.6 is 11.3 Å². The number of hydrogen-bond donors (Lipinski definition) is 0. The monoisotopic (exact) mass is 220 g/mol. The van der Waals surface area contributed by atoms with Gasteiger partial charge in [0.25, 0.3) is 5.91 Å². The average molecular weight is 220 g/mol. The summed E-state index contributed by atoms with van der Waals surface area (Å²) in [4.78, 5) is 13.9. The number of carbonyl (C=O) groups excluding carboxylic acids is 1. The third-order valence-corrected chi connectivity index (χ3v) is 2.90. The molecular formula is C11H12N2OS. The van der Waals surface area contributed by atoms with Gasteiger partial charge in [0, 0.05) is 19.0 Å². The maximum atomic E-state index is 11.6. The number of hydrogen-bond acceptors (Lipinski definition) is 3. The van der Waals surface area contributed by atoms with E-state index in [1.165, 1.54) is 16.2 Å². The molecule has 15 heavy (non-hydrogen) atoms. The van der Waals surface area contributed by atoms with Crippen molar-refractivity contribution in [3.63, 3.8) is 0 Å². The summed E-state index contributed by atoms with van der Waals surface area (Å²) in [6.45, 7) is 1.96. The van der Waals surface area contributed by atoms with E-state index in [4.69, 9.17) is 5.26 Å². The first kappa shape index (κ1) is 11.5. The van der Waals surface area contributed by atoms with Gasteiger partial charge in [-0.05, 0) is 30.0 Å². The number of rotatable bonds is 2. The molecule has 1 rings (SSSR count). The minimum Gasteiger partial charge on any atom is -0.344 e. The molecule has 0 atom stereocenters. The Balaban J connectivity index is 3.05. The first-order valence-corrected chi connectivity index (χ1v) is 5.31. The van der Waals surface area contributed by atoms with E-state index >= 15 is 0 Å². The predicted molar refractivity (Wildman–Crippen MR) is 61.3 cm³/mol. The zero-order valence-corrected chi connectivity index (χ0v) is 9.76. The Bertz CT molecular complexity index is 438. The van der Waals surface area contributed by atoms with Gasteiger partial charge in [0.15, 0.2) is 0 Å². The lowest BCUT2D eigenvalue weighted by Crippen LogP contribution is -2.22. The van der Waals surface area contributed by atoms with Crippen molar-refractivity contribution in [1.82, 2.24) is 4.90 Å². The standard InChI is InChI=1S/C11H12N2OS/c1-8-4-5-15-10(8)6-9(7-12)11(14)13(2)3/h4-6H,1-3H3. The molecule has 4 heteroatoms. The quantitative estimate of drug-likeness (QED) is 0.565. The zero-order chi connectivity index (χ0) is 11.4. The van der Waals surface area contributed by atoms with Gasteiger partial charge in [-0.3, -0.25) is 4.79 Å². The van der Waals surface area contributed by atoms with E-state index in [0.29, 0.717) is 0 Å². The van der Waals surface area contributed by atoms with Gasteiger partial charge in [-0.25, -0.2) is 0 Å². The summed E-state index contributed by atoms with van der Waals surface area (Å²) in [7, 11) is 3.27. The summed E-state index contributed by atoms with van der Waals surface area (Å²) in [6, 6.07) is 3.89. The summed E-state index contributed by atoms with van der Waals surface area (Å²) in [5.41, 5.74) is 1.25. The molecule has 0 fully saturated rings. The van der Waals surface area contributed by atoms with Crippen LogP contribution in [0.4, 0.5) is 0 Å². The average Bonchev–Trinajstić information content (AvgIpc) is 2.59. The lowest BCUT2D eigenvalue weighted by Gasteiger charge is -2.08. The molecule has 78 valence electrons. The van der Waals surface area contributed by atoms with Crippen molar-refractivity contribution < 1.29 is 4.79 Å². The van der Waals surface area contributed by atoms with Gasteiger partial charge in [0.1, 0.15) is 11.6 Å². The fraction of sp³-hybridized carbons (Fsp3) is 0.273. The van der Waals surface area contributed by atoms with Gasteiger partial charge in [0.05, 0.1) is 0 Å². The molecule has 0 aliphatic carbocycles. The summed E-state index contributed by atoms with van der Waals surface area (Å²) in [6.07, 6.45) is 1.64. The topological polar surface area (TPSA) is 44.1 Å². The highest BCUT2D eigenvalue weighted by molar-refractivity contribution is 7.11. The normalized spacial score (nSPS) is 10.9. The minimum atomic E-state index is -0.259. The molecule has 0 spiro atoms. The molecule has 0 aliphatic heterocycles. The van der Waals surface area contributed by atoms with Crippen LogP contribution in [0.1, 0.15) is 10.4 Å². The molecule has 0 radical (unpaired) electrons. The van der Waals surface area contributed by atoms with Crippen LogP contribution in [0.3, 0.4) is 0 Å². The first-order valence-electron chi connectivity index (χ1n) is 4.43. The molecule has 0 bridgehead atoms. The van der Waals surface area contributed by atoms with Crippen molar-refractivity contribution >= 4 is 23.3 Å². The van der Waals surface area contributed by atoms with Gasteiger partial charge >= 0.3 is 0 Å². The van der Waals surface area contributed by atoms with Crippen molar-refractivity contribution in [3.05, 3.63) is 27.5 Å². The van der Waals surface area contributed by atoms with Crippen molar-refractivity contribution in [2.75, 3.05) is 14.1 Å². The van der Waals surface area contributed by atoms with E-state index in [9.17, 15) is 4.79 Å². The number of carbonyl (C=O) groups is 1. The number of thiophene rings is 1. The highest BCUT2D eigenvalue weighted by Gasteiger charge is 2.11. The number of nitrogens with zero attached hydrogens (tertiary/aromatic N) is 2. The molecule has 0 unspecified atom stereocenters. The van der Waals surface area contributed by atoms with E-state index in [1.54, 1.807) is 20.2 Å². The molecule has 1 aromatic heterocycles. The highest BCUT2D eigenvalue weighted by Crippen LogP contribution is 2.19. The smallest absolute Gasteiger partial charge is 0.264 e. The molecule has 1 amide bonds. The van der Waals surface area contributed by atoms with Gasteiger partial charge in [-0.2, -0.15) is 5.26 Å². The second-order valence-corrected chi connectivity index (χ2v) is 4.28. The Kier molecular flexibility index (Phi) is 3.64. The molecule has 0 saturated carbocycles. The predicted octanol–water partition coefficient (Wildman–Crippen LogP) is 2.05. The largest absolute Gasteiger partial charge is 0.344 e. The molecule has 0 N–H and O–H groups in total. The molecule has 0 aliphatic rings. The van der Waals surface area contributed by atoms with Crippen LogP contribution in [0, 0.1) is 18.3 Å². The third-order valence-electron chi connectivity index (χ3n) is 1.93. The molecular weight excluding hydrogens is 208 g/mol. The maximum Gasteiger partial charge on any atom is 0.264 e. The van der Waals surface area contributed by atoms with E-state index in [-0.39, 0.29) is 11.5 Å². The Labute approximate surface area is 93.3 Å². The van der Waals surface area contributed by atoms with Gasteiger partial charge in [-0.1, -0.05) is 0 Å². The fourth-order valence-electron chi connectivity index (χ4n) is 1.05. The van der Waals surface area contributed by atoms with E-state index in [1.807, 2.05) is 24.4 Å². The molecule has 0 saturated heterocycles. The van der Waals surface area contributed by atoms with Crippen molar-refractivity contribution in [1.29, 1.82) is 5.26 Å². The second-order valence-electron chi connectivity index (χ2n) is 3.34. The lowest BCUT2D eigenvalue weighted by molar-refractivity contribution is -0.124. The Morgan fingerprint density at radius 1 is 1.60 bits per heavy atom. The van der Waals surface area contributed by atoms with E-state index in [0.717, 1.165) is 10.4 Å². The first-order chi connectivity index (χ1) is 7.06. The Morgan fingerprint density at radius 2 is 2.27 bits per heavy atom. The van der Waals surface area contributed by atoms with Crippen LogP contribution in [0.2, 0.25) is 0 Å². The number of nitriles is 1. The number of likely N-dealkylation sites (N-methyl/N-ethyl adjacent to an activating group) is 1. The zero-order valence-electron chi connectivity index (χ0n) is 8.94. The van der Waals surface area contributed by atoms with Crippen molar-refractivity contribution in [2.24, 2.45) is 0 Å². The molecule has 3 nitrogen and oxygen atoms in total. The van der Waals surface area contributed by atoms with Gasteiger partial charge in [-0.15, -0.1) is 11.3 Å². The summed E-state index contributed by atoms with van der Waals surface area (Å²) in [5.74, 6) is -0.259. The van der Waals surface area contributed by atoms with Crippen molar-refractivity contribution in [3.8, 4) is 6.07 Å². The number of aryl methyl sites for hydroxylation is 1. The van der Waals surface area contributed by atoms with E-state index in [2.05, 4.69) is 0 Å². The lowest BCUT2D eigenvalue weighted by atomic mass is 10.2. The maximum absolute atomic E-state index is 11.6. The second kappa shape index (κ2) is 4.76. The summed E-state index contributed by atoms with van der Waals surface area (Å²) < 4.78 is 0.